The highest BCUT2D eigenvalue weighted by Gasteiger charge is 2.03. The summed E-state index contributed by atoms with van der Waals surface area (Å²) in [7, 11) is 4.92. The van der Waals surface area contributed by atoms with Crippen molar-refractivity contribution in [2.45, 2.75) is 13.5 Å². The second-order valence-corrected chi connectivity index (χ2v) is 1.77. The molecule has 0 aliphatic heterocycles. The summed E-state index contributed by atoms with van der Waals surface area (Å²) in [5.41, 5.74) is 0. The lowest BCUT2D eigenvalue weighted by Crippen LogP contribution is -2.22. The Morgan fingerprint density at radius 3 is 1.60 bits per heavy atom. The van der Waals surface area contributed by atoms with E-state index in [1.54, 1.807) is 21.3 Å². The highest BCUT2D eigenvalue weighted by atomic mass is 16.5. The van der Waals surface area contributed by atoms with E-state index < -0.39 is 0 Å². The van der Waals surface area contributed by atoms with E-state index in [-0.39, 0.29) is 13.5 Å². The van der Waals surface area contributed by atoms with Crippen LogP contribution in [0.2, 0.25) is 0 Å². The number of hydrogen-bond donors (Lipinski definition) is 0. The molecule has 0 spiro atoms. The zero-order chi connectivity index (χ0) is 7.11. The lowest BCUT2D eigenvalue weighted by Gasteiger charge is -2.11. The monoisotopic (exact) mass is 150 g/mol. The molecule has 0 radical (unpaired) electrons. The Balaban J connectivity index is 0. The van der Waals surface area contributed by atoms with Gasteiger partial charge in [-0.1, -0.05) is 7.43 Å². The van der Waals surface area contributed by atoms with Gasteiger partial charge in [0.2, 0.25) is 0 Å². The molecule has 0 aliphatic carbocycles. The fourth-order valence-corrected chi connectivity index (χ4v) is 0.556. The Hall–Kier alpha value is -0.120. The second kappa shape index (κ2) is 8.88. The molecule has 0 saturated heterocycles. The molecule has 64 valence electrons. The van der Waals surface area contributed by atoms with Crippen molar-refractivity contribution in [1.29, 1.82) is 0 Å². The Morgan fingerprint density at radius 1 is 1.00 bits per heavy atom. The standard InChI is InChI=1S/C6H14O3.CH4/c1-7-4-6(9-3)5-8-2;/h6H,4-5H2,1-3H3;1H4. The molecule has 0 aliphatic rings. The number of methoxy groups -OCH3 is 3. The van der Waals surface area contributed by atoms with Gasteiger partial charge in [0.05, 0.1) is 13.2 Å². The van der Waals surface area contributed by atoms with E-state index >= 15 is 0 Å². The molecule has 0 saturated carbocycles. The minimum Gasteiger partial charge on any atom is -0.382 e. The molecule has 0 rings (SSSR count). The number of ether oxygens (including phenoxy) is 3. The van der Waals surface area contributed by atoms with E-state index in [1.165, 1.54) is 0 Å². The van der Waals surface area contributed by atoms with Gasteiger partial charge in [0.1, 0.15) is 6.10 Å². The van der Waals surface area contributed by atoms with Gasteiger partial charge in [-0.2, -0.15) is 0 Å². The Morgan fingerprint density at radius 2 is 1.40 bits per heavy atom. The van der Waals surface area contributed by atoms with Crippen molar-refractivity contribution in [2.24, 2.45) is 0 Å². The van der Waals surface area contributed by atoms with E-state index in [9.17, 15) is 0 Å². The summed E-state index contributed by atoms with van der Waals surface area (Å²) in [5.74, 6) is 0. The highest BCUT2D eigenvalue weighted by molar-refractivity contribution is 4.51. The first-order valence-corrected chi connectivity index (χ1v) is 2.85. The van der Waals surface area contributed by atoms with Crippen LogP contribution in [0.25, 0.3) is 0 Å². The van der Waals surface area contributed by atoms with Crippen LogP contribution in [0.3, 0.4) is 0 Å². The smallest absolute Gasteiger partial charge is 0.104 e. The van der Waals surface area contributed by atoms with Gasteiger partial charge in [-0.15, -0.1) is 0 Å². The first-order chi connectivity index (χ1) is 4.35. The zero-order valence-electron chi connectivity index (χ0n) is 6.22. The minimum absolute atomic E-state index is 0. The average molecular weight is 150 g/mol. The Bertz CT molecular complexity index is 50.8. The third kappa shape index (κ3) is 6.01. The molecule has 0 N–H and O–H groups in total. The van der Waals surface area contributed by atoms with Crippen LogP contribution >= 0.6 is 0 Å². The first-order valence-electron chi connectivity index (χ1n) is 2.85. The van der Waals surface area contributed by atoms with Crippen LogP contribution in [0.4, 0.5) is 0 Å². The molecule has 0 amide bonds. The molecule has 3 heteroatoms. The molecule has 0 heterocycles. The minimum atomic E-state index is 0. The largest absolute Gasteiger partial charge is 0.382 e. The van der Waals surface area contributed by atoms with Gasteiger partial charge >= 0.3 is 0 Å². The molecular formula is C7H18O3. The van der Waals surface area contributed by atoms with Crippen LogP contribution in [0, 0.1) is 0 Å². The molecule has 10 heavy (non-hydrogen) atoms. The maximum atomic E-state index is 4.98. The number of rotatable bonds is 5. The van der Waals surface area contributed by atoms with Gasteiger partial charge in [-0.25, -0.2) is 0 Å². The average Bonchev–Trinajstić information content (AvgIpc) is 1.88. The van der Waals surface area contributed by atoms with E-state index in [0.29, 0.717) is 13.2 Å². The van der Waals surface area contributed by atoms with Gasteiger partial charge in [0.15, 0.2) is 0 Å². The summed E-state index contributed by atoms with van der Waals surface area (Å²) in [5, 5.41) is 0. The molecule has 3 nitrogen and oxygen atoms in total. The Kier molecular flexibility index (Phi) is 11.1. The van der Waals surface area contributed by atoms with Crippen LogP contribution in [-0.2, 0) is 14.2 Å². The van der Waals surface area contributed by atoms with Crippen molar-refractivity contribution < 1.29 is 14.2 Å². The summed E-state index contributed by atoms with van der Waals surface area (Å²) in [6, 6.07) is 0. The Labute approximate surface area is 63.3 Å². The van der Waals surface area contributed by atoms with E-state index in [1.807, 2.05) is 0 Å². The molecule has 0 aromatic rings. The second-order valence-electron chi connectivity index (χ2n) is 1.77. The van der Waals surface area contributed by atoms with Crippen LogP contribution in [0.1, 0.15) is 7.43 Å². The van der Waals surface area contributed by atoms with Crippen LogP contribution in [0.15, 0.2) is 0 Å². The van der Waals surface area contributed by atoms with Crippen LogP contribution in [-0.4, -0.2) is 40.6 Å². The zero-order valence-corrected chi connectivity index (χ0v) is 6.22. The molecular weight excluding hydrogens is 132 g/mol. The van der Waals surface area contributed by atoms with Gasteiger partial charge in [0, 0.05) is 21.3 Å². The molecule has 0 bridgehead atoms. The summed E-state index contributed by atoms with van der Waals surface area (Å²) < 4.78 is 14.7. The molecule has 0 aromatic carbocycles. The maximum absolute atomic E-state index is 4.98. The fraction of sp³-hybridized carbons (Fsp3) is 1.00. The maximum Gasteiger partial charge on any atom is 0.104 e. The third-order valence-electron chi connectivity index (χ3n) is 1.04. The summed E-state index contributed by atoms with van der Waals surface area (Å²) in [6.45, 7) is 1.18. The van der Waals surface area contributed by atoms with E-state index in [4.69, 9.17) is 14.2 Å². The van der Waals surface area contributed by atoms with Gasteiger partial charge in [-0.3, -0.25) is 0 Å². The van der Waals surface area contributed by atoms with Crippen molar-refractivity contribution in [2.75, 3.05) is 34.5 Å². The van der Waals surface area contributed by atoms with E-state index in [0.717, 1.165) is 0 Å². The quantitative estimate of drug-likeness (QED) is 0.583. The van der Waals surface area contributed by atoms with Gasteiger partial charge in [0.25, 0.3) is 0 Å². The van der Waals surface area contributed by atoms with Crippen molar-refractivity contribution in [3.8, 4) is 0 Å². The summed E-state index contributed by atoms with van der Waals surface area (Å²) in [4.78, 5) is 0. The van der Waals surface area contributed by atoms with Crippen molar-refractivity contribution in [3.63, 3.8) is 0 Å². The van der Waals surface area contributed by atoms with Gasteiger partial charge in [-0.05, 0) is 0 Å². The van der Waals surface area contributed by atoms with Gasteiger partial charge < -0.3 is 14.2 Å². The molecule has 0 atom stereocenters. The summed E-state index contributed by atoms with van der Waals surface area (Å²) >= 11 is 0. The van der Waals surface area contributed by atoms with Crippen LogP contribution < -0.4 is 0 Å². The van der Waals surface area contributed by atoms with Crippen LogP contribution in [0.5, 0.6) is 0 Å². The SMILES string of the molecule is C.COCC(COC)OC. The molecule has 0 aromatic heterocycles. The van der Waals surface area contributed by atoms with Crippen molar-refractivity contribution in [3.05, 3.63) is 0 Å². The van der Waals surface area contributed by atoms with E-state index in [2.05, 4.69) is 0 Å². The highest BCUT2D eigenvalue weighted by Crippen LogP contribution is 1.89. The molecule has 0 unspecified atom stereocenters. The predicted octanol–water partition coefficient (Wildman–Crippen LogP) is 0.930. The third-order valence-corrected chi connectivity index (χ3v) is 1.04. The lowest BCUT2D eigenvalue weighted by atomic mass is 10.4. The topological polar surface area (TPSA) is 27.7 Å². The van der Waals surface area contributed by atoms with Crippen molar-refractivity contribution in [1.82, 2.24) is 0 Å². The normalized spacial score (nSPS) is 9.60. The first kappa shape index (κ1) is 12.5. The van der Waals surface area contributed by atoms with Crippen molar-refractivity contribution >= 4 is 0 Å². The number of hydrogen-bond acceptors (Lipinski definition) is 3. The summed E-state index contributed by atoms with van der Waals surface area (Å²) in [6.07, 6.45) is 0.0694. The predicted molar refractivity (Wildman–Crippen MR) is 41.3 cm³/mol. The molecule has 0 fully saturated rings. The lowest BCUT2D eigenvalue weighted by molar-refractivity contribution is -0.0178. The fourth-order valence-electron chi connectivity index (χ4n) is 0.556.